The first-order chi connectivity index (χ1) is 11.1. The van der Waals surface area contributed by atoms with Gasteiger partial charge in [-0.1, -0.05) is 19.1 Å². The van der Waals surface area contributed by atoms with Gasteiger partial charge in [0.05, 0.1) is 6.20 Å². The molecular formula is C18H25Cl2N3O2. The first-order valence-corrected chi connectivity index (χ1v) is 7.71. The summed E-state index contributed by atoms with van der Waals surface area (Å²) in [5.41, 5.74) is 8.06. The summed E-state index contributed by atoms with van der Waals surface area (Å²) in [6.07, 6.45) is 1.69. The molecular weight excluding hydrogens is 361 g/mol. The fourth-order valence-electron chi connectivity index (χ4n) is 1.96. The third-order valence-corrected chi connectivity index (χ3v) is 3.49. The first-order valence-electron chi connectivity index (χ1n) is 7.71. The number of benzene rings is 1. The van der Waals surface area contributed by atoms with Gasteiger partial charge in [0.25, 0.3) is 5.91 Å². The van der Waals surface area contributed by atoms with E-state index in [0.717, 1.165) is 11.3 Å². The van der Waals surface area contributed by atoms with Crippen molar-refractivity contribution < 1.29 is 9.53 Å². The number of aromatic nitrogens is 1. The quantitative estimate of drug-likeness (QED) is 0.767. The Morgan fingerprint density at radius 3 is 2.68 bits per heavy atom. The monoisotopic (exact) mass is 385 g/mol. The van der Waals surface area contributed by atoms with Crippen molar-refractivity contribution in [3.63, 3.8) is 0 Å². The molecule has 0 saturated carbocycles. The number of amides is 1. The van der Waals surface area contributed by atoms with Gasteiger partial charge in [0.15, 0.2) is 0 Å². The molecule has 0 aliphatic heterocycles. The summed E-state index contributed by atoms with van der Waals surface area (Å²) in [7, 11) is 0. The van der Waals surface area contributed by atoms with E-state index in [1.807, 2.05) is 44.2 Å². The highest BCUT2D eigenvalue weighted by atomic mass is 35.5. The zero-order chi connectivity index (χ0) is 16.7. The van der Waals surface area contributed by atoms with Crippen LogP contribution in [0, 0.1) is 12.8 Å². The maximum Gasteiger partial charge on any atom is 0.251 e. The van der Waals surface area contributed by atoms with Crippen LogP contribution in [0.4, 0.5) is 0 Å². The molecule has 1 amide bonds. The molecule has 0 spiro atoms. The van der Waals surface area contributed by atoms with Gasteiger partial charge in [-0.2, -0.15) is 0 Å². The molecule has 0 aliphatic carbocycles. The average Bonchev–Trinajstić information content (AvgIpc) is 2.59. The first kappa shape index (κ1) is 23.2. The van der Waals surface area contributed by atoms with Gasteiger partial charge < -0.3 is 15.8 Å². The Bertz CT molecular complexity index is 651. The number of nitrogens with zero attached hydrogens (tertiary/aromatic N) is 1. The highest BCUT2D eigenvalue weighted by Gasteiger charge is 2.08. The Morgan fingerprint density at radius 2 is 2.04 bits per heavy atom. The molecule has 0 bridgehead atoms. The van der Waals surface area contributed by atoms with E-state index in [9.17, 15) is 4.79 Å². The summed E-state index contributed by atoms with van der Waals surface area (Å²) < 4.78 is 5.69. The number of aryl methyl sites for hydroxylation is 1. The SMILES string of the molecule is Cc1ccc(OCc2cccc(C(=O)NCC(C)CN)c2)cn1.Cl.Cl. The van der Waals surface area contributed by atoms with Gasteiger partial charge in [0.2, 0.25) is 0 Å². The second kappa shape index (κ2) is 11.7. The van der Waals surface area contributed by atoms with Crippen LogP contribution in [-0.2, 0) is 6.61 Å². The molecule has 1 heterocycles. The molecule has 1 atom stereocenters. The lowest BCUT2D eigenvalue weighted by molar-refractivity contribution is 0.0948. The Balaban J connectivity index is 0.00000288. The highest BCUT2D eigenvalue weighted by Crippen LogP contribution is 2.13. The molecule has 0 aliphatic rings. The lowest BCUT2D eigenvalue weighted by Crippen LogP contribution is -2.31. The van der Waals surface area contributed by atoms with Crippen molar-refractivity contribution in [3.8, 4) is 5.75 Å². The zero-order valence-electron chi connectivity index (χ0n) is 14.4. The van der Waals surface area contributed by atoms with Gasteiger partial charge in [0.1, 0.15) is 12.4 Å². The molecule has 0 radical (unpaired) electrons. The second-order valence-corrected chi connectivity index (χ2v) is 5.68. The molecule has 5 nitrogen and oxygen atoms in total. The van der Waals surface area contributed by atoms with E-state index < -0.39 is 0 Å². The minimum absolute atomic E-state index is 0. The highest BCUT2D eigenvalue weighted by molar-refractivity contribution is 5.94. The summed E-state index contributed by atoms with van der Waals surface area (Å²) in [4.78, 5) is 16.3. The van der Waals surface area contributed by atoms with Crippen LogP contribution in [0.25, 0.3) is 0 Å². The molecule has 0 fully saturated rings. The van der Waals surface area contributed by atoms with Crippen LogP contribution in [-0.4, -0.2) is 24.0 Å². The van der Waals surface area contributed by atoms with Crippen LogP contribution in [0.2, 0.25) is 0 Å². The Labute approximate surface area is 161 Å². The number of halogens is 2. The maximum absolute atomic E-state index is 12.1. The molecule has 1 aromatic carbocycles. The number of pyridine rings is 1. The third kappa shape index (κ3) is 7.73. The van der Waals surface area contributed by atoms with Crippen molar-refractivity contribution in [3.05, 3.63) is 59.4 Å². The van der Waals surface area contributed by atoms with Crippen LogP contribution in [0.1, 0.15) is 28.5 Å². The summed E-state index contributed by atoms with van der Waals surface area (Å²) in [5.74, 6) is 0.880. The summed E-state index contributed by atoms with van der Waals surface area (Å²) in [5, 5.41) is 2.89. The van der Waals surface area contributed by atoms with E-state index >= 15 is 0 Å². The van der Waals surface area contributed by atoms with Crippen molar-refractivity contribution in [2.24, 2.45) is 11.7 Å². The van der Waals surface area contributed by atoms with Crippen LogP contribution in [0.15, 0.2) is 42.6 Å². The largest absolute Gasteiger partial charge is 0.487 e. The van der Waals surface area contributed by atoms with Crippen molar-refractivity contribution in [1.82, 2.24) is 10.3 Å². The minimum atomic E-state index is -0.0934. The van der Waals surface area contributed by atoms with Crippen molar-refractivity contribution in [2.45, 2.75) is 20.5 Å². The van der Waals surface area contributed by atoms with Gasteiger partial charge in [-0.25, -0.2) is 0 Å². The van der Waals surface area contributed by atoms with Gasteiger partial charge in [-0.15, -0.1) is 24.8 Å². The number of nitrogens with one attached hydrogen (secondary N) is 1. The lowest BCUT2D eigenvalue weighted by atomic mass is 10.1. The number of rotatable bonds is 7. The Kier molecular flexibility index (Phi) is 10.8. The topological polar surface area (TPSA) is 77.2 Å². The Morgan fingerprint density at radius 1 is 1.28 bits per heavy atom. The molecule has 2 rings (SSSR count). The predicted molar refractivity (Wildman–Crippen MR) is 105 cm³/mol. The van der Waals surface area contributed by atoms with E-state index in [0.29, 0.717) is 31.0 Å². The molecule has 138 valence electrons. The van der Waals surface area contributed by atoms with Gasteiger partial charge >= 0.3 is 0 Å². The number of nitrogens with two attached hydrogens (primary N) is 1. The standard InChI is InChI=1S/C18H23N3O2.2ClH/c1-13(9-19)10-21-18(22)16-5-3-4-15(8-16)12-23-17-7-6-14(2)20-11-17;;/h3-8,11,13H,9-10,12,19H2,1-2H3,(H,21,22);2*1H. The van der Waals surface area contributed by atoms with Crippen molar-refractivity contribution >= 4 is 30.7 Å². The van der Waals surface area contributed by atoms with E-state index in [-0.39, 0.29) is 36.6 Å². The summed E-state index contributed by atoms with van der Waals surface area (Å²) >= 11 is 0. The van der Waals surface area contributed by atoms with Crippen molar-refractivity contribution in [2.75, 3.05) is 13.1 Å². The molecule has 1 unspecified atom stereocenters. The average molecular weight is 386 g/mol. The fourth-order valence-corrected chi connectivity index (χ4v) is 1.96. The molecule has 2 aromatic rings. The Hall–Kier alpha value is -1.82. The predicted octanol–water partition coefficient (Wildman–Crippen LogP) is 3.14. The second-order valence-electron chi connectivity index (χ2n) is 5.68. The van der Waals surface area contributed by atoms with Gasteiger partial charge in [0, 0.05) is 17.8 Å². The number of carbonyl (C=O) groups excluding carboxylic acids is 1. The number of ether oxygens (including phenoxy) is 1. The van der Waals surface area contributed by atoms with Crippen LogP contribution < -0.4 is 15.8 Å². The molecule has 25 heavy (non-hydrogen) atoms. The summed E-state index contributed by atoms with van der Waals surface area (Å²) in [6, 6.07) is 11.2. The number of carbonyl (C=O) groups is 1. The van der Waals surface area contributed by atoms with Crippen LogP contribution in [0.5, 0.6) is 5.75 Å². The lowest BCUT2D eigenvalue weighted by Gasteiger charge is -2.11. The van der Waals surface area contributed by atoms with E-state index in [4.69, 9.17) is 10.5 Å². The summed E-state index contributed by atoms with van der Waals surface area (Å²) in [6.45, 7) is 5.45. The van der Waals surface area contributed by atoms with E-state index in [1.54, 1.807) is 12.3 Å². The number of hydrogen-bond donors (Lipinski definition) is 2. The van der Waals surface area contributed by atoms with Gasteiger partial charge in [-0.05, 0) is 49.2 Å². The maximum atomic E-state index is 12.1. The minimum Gasteiger partial charge on any atom is -0.487 e. The normalized spacial score (nSPS) is 10.8. The molecule has 0 saturated heterocycles. The van der Waals surface area contributed by atoms with Crippen molar-refractivity contribution in [1.29, 1.82) is 0 Å². The van der Waals surface area contributed by atoms with Gasteiger partial charge in [-0.3, -0.25) is 9.78 Å². The zero-order valence-corrected chi connectivity index (χ0v) is 16.0. The number of hydrogen-bond acceptors (Lipinski definition) is 4. The smallest absolute Gasteiger partial charge is 0.251 e. The van der Waals surface area contributed by atoms with E-state index in [1.165, 1.54) is 0 Å². The molecule has 3 N–H and O–H groups in total. The van der Waals surface area contributed by atoms with Crippen LogP contribution >= 0.6 is 24.8 Å². The van der Waals surface area contributed by atoms with Crippen LogP contribution in [0.3, 0.4) is 0 Å². The fraction of sp³-hybridized carbons (Fsp3) is 0.333. The molecule has 1 aromatic heterocycles. The third-order valence-electron chi connectivity index (χ3n) is 3.49. The van der Waals surface area contributed by atoms with E-state index in [2.05, 4.69) is 10.3 Å². The molecule has 7 heteroatoms.